The van der Waals surface area contributed by atoms with Crippen LogP contribution >= 0.6 is 15.9 Å². The summed E-state index contributed by atoms with van der Waals surface area (Å²) in [6.07, 6.45) is 0.482. The monoisotopic (exact) mass is 564 g/mol. The molecule has 184 valence electrons. The molecule has 4 aromatic rings. The second kappa shape index (κ2) is 12.0. The second-order valence-electron chi connectivity index (χ2n) is 8.02. The number of nitrogens with zero attached hydrogens (tertiary/aromatic N) is 1. The Balaban J connectivity index is 1.45. The number of nitrogens with one attached hydrogen (secondary N) is 1. The quantitative estimate of drug-likeness (QED) is 0.252. The Morgan fingerprint density at radius 1 is 0.778 bits per heavy atom. The normalized spacial score (nSPS) is 11.3. The van der Waals surface area contributed by atoms with E-state index < -0.39 is 15.9 Å². The van der Waals surface area contributed by atoms with Crippen LogP contribution in [0.4, 0.5) is 5.69 Å². The van der Waals surface area contributed by atoms with Gasteiger partial charge in [0.05, 0.1) is 11.4 Å². The molecule has 0 aliphatic rings. The number of halogens is 1. The van der Waals surface area contributed by atoms with Gasteiger partial charge in [0.15, 0.2) is 0 Å². The number of anilines is 1. The fourth-order valence-electron chi connectivity index (χ4n) is 3.53. The van der Waals surface area contributed by atoms with Gasteiger partial charge in [0, 0.05) is 16.7 Å². The third kappa shape index (κ3) is 7.04. The predicted octanol–water partition coefficient (Wildman–Crippen LogP) is 6.11. The number of sulfonamides is 1. The number of ether oxygens (including phenoxy) is 1. The van der Waals surface area contributed by atoms with Crippen LogP contribution in [0, 0.1) is 0 Å². The van der Waals surface area contributed by atoms with Crippen molar-refractivity contribution < 1.29 is 17.9 Å². The molecule has 8 heteroatoms. The van der Waals surface area contributed by atoms with Crippen LogP contribution in [0.2, 0.25) is 0 Å². The molecule has 6 nitrogen and oxygen atoms in total. The van der Waals surface area contributed by atoms with E-state index in [2.05, 4.69) is 21.2 Å². The van der Waals surface area contributed by atoms with E-state index in [0.717, 1.165) is 10.0 Å². The van der Waals surface area contributed by atoms with E-state index in [1.807, 2.05) is 60.7 Å². The summed E-state index contributed by atoms with van der Waals surface area (Å²) in [5.74, 6) is 0.906. The first-order chi connectivity index (χ1) is 17.4. The van der Waals surface area contributed by atoms with Crippen LogP contribution in [0.25, 0.3) is 0 Å². The average molecular weight is 565 g/mol. The minimum atomic E-state index is -3.88. The van der Waals surface area contributed by atoms with Gasteiger partial charge in [-0.1, -0.05) is 64.5 Å². The van der Waals surface area contributed by atoms with Gasteiger partial charge in [-0.3, -0.25) is 4.79 Å². The lowest BCUT2D eigenvalue weighted by atomic mass is 10.1. The van der Waals surface area contributed by atoms with Gasteiger partial charge < -0.3 is 10.1 Å². The minimum absolute atomic E-state index is 0.133. The zero-order chi connectivity index (χ0) is 25.4. The molecule has 0 aliphatic carbocycles. The number of hydrogen-bond acceptors (Lipinski definition) is 4. The molecule has 0 unspecified atom stereocenters. The van der Waals surface area contributed by atoms with Gasteiger partial charge in [-0.15, -0.1) is 0 Å². The summed E-state index contributed by atoms with van der Waals surface area (Å²) in [5, 5.41) is 2.79. The Morgan fingerprint density at radius 3 is 2.00 bits per heavy atom. The standard InChI is InChI=1S/C28H25BrN2O4S/c29-23-11-17-27(18-12-23)36(33,34)31(20-19-22-7-3-1-4-8-22)21-28(32)30-24-13-15-26(16-14-24)35-25-9-5-2-6-10-25/h1-18H,19-21H2,(H,30,32). The topological polar surface area (TPSA) is 75.7 Å². The highest BCUT2D eigenvalue weighted by Gasteiger charge is 2.26. The van der Waals surface area contributed by atoms with Crippen LogP contribution in [-0.4, -0.2) is 31.7 Å². The third-order valence-corrected chi connectivity index (χ3v) is 7.77. The van der Waals surface area contributed by atoms with E-state index in [-0.39, 0.29) is 18.0 Å². The Labute approximate surface area is 219 Å². The molecule has 4 rings (SSSR count). The summed E-state index contributed by atoms with van der Waals surface area (Å²) in [5.41, 5.74) is 1.53. The van der Waals surface area contributed by atoms with Gasteiger partial charge in [0.25, 0.3) is 0 Å². The maximum atomic E-state index is 13.4. The predicted molar refractivity (Wildman–Crippen MR) is 145 cm³/mol. The van der Waals surface area contributed by atoms with Crippen LogP contribution < -0.4 is 10.1 Å². The van der Waals surface area contributed by atoms with Crippen LogP contribution in [0.3, 0.4) is 0 Å². The molecule has 0 radical (unpaired) electrons. The summed E-state index contributed by atoms with van der Waals surface area (Å²) < 4.78 is 34.5. The second-order valence-corrected chi connectivity index (χ2v) is 10.9. The zero-order valence-electron chi connectivity index (χ0n) is 19.4. The van der Waals surface area contributed by atoms with Crippen molar-refractivity contribution in [3.63, 3.8) is 0 Å². The molecule has 4 aromatic carbocycles. The largest absolute Gasteiger partial charge is 0.457 e. The zero-order valence-corrected chi connectivity index (χ0v) is 21.8. The molecule has 0 heterocycles. The fraction of sp³-hybridized carbons (Fsp3) is 0.107. The Morgan fingerprint density at radius 2 is 1.36 bits per heavy atom. The summed E-state index contributed by atoms with van der Waals surface area (Å²) in [6, 6.07) is 32.3. The molecule has 0 spiro atoms. The van der Waals surface area contributed by atoms with Crippen molar-refractivity contribution in [2.24, 2.45) is 0 Å². The van der Waals surface area contributed by atoms with Crippen molar-refractivity contribution in [1.82, 2.24) is 4.31 Å². The molecule has 0 aliphatic heterocycles. The van der Waals surface area contributed by atoms with Gasteiger partial charge in [-0.25, -0.2) is 8.42 Å². The first kappa shape index (κ1) is 25.6. The maximum absolute atomic E-state index is 13.4. The smallest absolute Gasteiger partial charge is 0.243 e. The van der Waals surface area contributed by atoms with Gasteiger partial charge in [0.2, 0.25) is 15.9 Å². The highest BCUT2D eigenvalue weighted by atomic mass is 79.9. The van der Waals surface area contributed by atoms with Crippen LogP contribution in [0.1, 0.15) is 5.56 Å². The van der Waals surface area contributed by atoms with E-state index in [4.69, 9.17) is 4.74 Å². The Hall–Kier alpha value is -3.46. The van der Waals surface area contributed by atoms with Crippen molar-refractivity contribution in [3.05, 3.63) is 119 Å². The lowest BCUT2D eigenvalue weighted by Crippen LogP contribution is -2.39. The Kier molecular flexibility index (Phi) is 8.53. The molecule has 1 N–H and O–H groups in total. The summed E-state index contributed by atoms with van der Waals surface area (Å²) in [4.78, 5) is 13.0. The summed E-state index contributed by atoms with van der Waals surface area (Å²) >= 11 is 3.33. The van der Waals surface area contributed by atoms with Gasteiger partial charge in [0.1, 0.15) is 11.5 Å². The molecule has 0 saturated carbocycles. The molecule has 0 aromatic heterocycles. The minimum Gasteiger partial charge on any atom is -0.457 e. The molecule has 0 atom stereocenters. The molecule has 0 saturated heterocycles. The Bertz CT molecular complexity index is 1380. The number of amides is 1. The number of benzene rings is 4. The van der Waals surface area contributed by atoms with E-state index in [1.165, 1.54) is 16.4 Å². The van der Waals surface area contributed by atoms with Crippen molar-refractivity contribution >= 4 is 37.5 Å². The molecular weight excluding hydrogens is 540 g/mol. The van der Waals surface area contributed by atoms with Crippen LogP contribution in [0.15, 0.2) is 119 Å². The molecular formula is C28H25BrN2O4S. The van der Waals surface area contributed by atoms with Crippen molar-refractivity contribution in [2.45, 2.75) is 11.3 Å². The number of carbonyl (C=O) groups is 1. The van der Waals surface area contributed by atoms with E-state index in [9.17, 15) is 13.2 Å². The number of rotatable bonds is 10. The molecule has 1 amide bonds. The van der Waals surface area contributed by atoms with Gasteiger partial charge in [-0.05, 0) is 72.6 Å². The summed E-state index contributed by atoms with van der Waals surface area (Å²) in [6.45, 7) is -0.146. The SMILES string of the molecule is O=C(CN(CCc1ccccc1)S(=O)(=O)c1ccc(Br)cc1)Nc1ccc(Oc2ccccc2)cc1. The van der Waals surface area contributed by atoms with Crippen molar-refractivity contribution in [1.29, 1.82) is 0 Å². The first-order valence-corrected chi connectivity index (χ1v) is 13.6. The van der Waals surface area contributed by atoms with Crippen LogP contribution in [-0.2, 0) is 21.2 Å². The lowest BCUT2D eigenvalue weighted by Gasteiger charge is -2.22. The maximum Gasteiger partial charge on any atom is 0.243 e. The molecule has 0 bridgehead atoms. The van der Waals surface area contributed by atoms with Gasteiger partial charge in [-0.2, -0.15) is 4.31 Å². The van der Waals surface area contributed by atoms with E-state index in [1.54, 1.807) is 36.4 Å². The fourth-order valence-corrected chi connectivity index (χ4v) is 5.19. The van der Waals surface area contributed by atoms with Crippen molar-refractivity contribution in [3.8, 4) is 11.5 Å². The number of hydrogen-bond donors (Lipinski definition) is 1. The van der Waals surface area contributed by atoms with Crippen LogP contribution in [0.5, 0.6) is 11.5 Å². The summed E-state index contributed by atoms with van der Waals surface area (Å²) in [7, 11) is -3.88. The number of para-hydroxylation sites is 1. The number of carbonyl (C=O) groups excluding carboxylic acids is 1. The molecule has 0 fully saturated rings. The van der Waals surface area contributed by atoms with E-state index in [0.29, 0.717) is 23.6 Å². The first-order valence-electron chi connectivity index (χ1n) is 11.3. The van der Waals surface area contributed by atoms with Gasteiger partial charge >= 0.3 is 0 Å². The highest BCUT2D eigenvalue weighted by molar-refractivity contribution is 9.10. The average Bonchev–Trinajstić information content (AvgIpc) is 2.89. The molecule has 36 heavy (non-hydrogen) atoms. The lowest BCUT2D eigenvalue weighted by molar-refractivity contribution is -0.116. The van der Waals surface area contributed by atoms with Crippen molar-refractivity contribution in [2.75, 3.05) is 18.4 Å². The highest BCUT2D eigenvalue weighted by Crippen LogP contribution is 2.23. The third-order valence-electron chi connectivity index (χ3n) is 5.38. The van der Waals surface area contributed by atoms with E-state index >= 15 is 0 Å².